The Morgan fingerprint density at radius 1 is 1.30 bits per heavy atom. The summed E-state index contributed by atoms with van der Waals surface area (Å²) < 4.78 is 31.8. The van der Waals surface area contributed by atoms with Crippen LogP contribution in [0, 0.1) is 0 Å². The zero-order chi connectivity index (χ0) is 17.0. The van der Waals surface area contributed by atoms with E-state index in [0.29, 0.717) is 18.1 Å². The summed E-state index contributed by atoms with van der Waals surface area (Å²) in [6.45, 7) is 2.33. The Morgan fingerprint density at radius 3 is 2.48 bits per heavy atom. The van der Waals surface area contributed by atoms with Crippen molar-refractivity contribution in [1.82, 2.24) is 14.8 Å². The molecule has 0 aliphatic rings. The molecule has 1 amide bonds. The van der Waals surface area contributed by atoms with Gasteiger partial charge in [-0.05, 0) is 53.2 Å². The Morgan fingerprint density at radius 2 is 1.96 bits per heavy atom. The number of aromatic nitrogens is 1. The van der Waals surface area contributed by atoms with Crippen molar-refractivity contribution in [2.24, 2.45) is 7.05 Å². The number of nitrogens with one attached hydrogen (secondary N) is 2. The summed E-state index contributed by atoms with van der Waals surface area (Å²) >= 11 is 3.25. The number of benzene rings is 1. The van der Waals surface area contributed by atoms with Gasteiger partial charge in [0.05, 0.1) is 11.5 Å². The summed E-state index contributed by atoms with van der Waals surface area (Å²) in [7, 11) is -2.18. The van der Waals surface area contributed by atoms with Crippen LogP contribution in [-0.2, 0) is 17.1 Å². The van der Waals surface area contributed by atoms with Crippen molar-refractivity contribution >= 4 is 31.9 Å². The molecule has 0 saturated heterocycles. The molecule has 0 radical (unpaired) electrons. The Hall–Kier alpha value is -1.84. The van der Waals surface area contributed by atoms with Gasteiger partial charge in [0.25, 0.3) is 15.9 Å². The summed E-state index contributed by atoms with van der Waals surface area (Å²) in [4.78, 5) is 14.1. The lowest BCUT2D eigenvalue weighted by molar-refractivity contribution is 0.0937. The van der Waals surface area contributed by atoms with Crippen LogP contribution in [0.25, 0.3) is 0 Å². The number of carbonyl (C=O) groups is 1. The summed E-state index contributed by atoms with van der Waals surface area (Å²) in [5, 5.41) is 0. The van der Waals surface area contributed by atoms with Gasteiger partial charge in [0.15, 0.2) is 0 Å². The maximum atomic E-state index is 12.1. The number of hydrogen-bond acceptors (Lipinski definition) is 4. The fourth-order valence-corrected chi connectivity index (χ4v) is 3.23. The Bertz CT molecular complexity index is 800. The molecule has 23 heavy (non-hydrogen) atoms. The van der Waals surface area contributed by atoms with Crippen LogP contribution in [0.2, 0.25) is 0 Å². The number of nitrogens with zero attached hydrogens (tertiary/aromatic N) is 1. The molecule has 0 aliphatic heterocycles. The Kier molecular flexibility index (Phi) is 5.45. The molecule has 1 heterocycles. The van der Waals surface area contributed by atoms with Crippen LogP contribution in [-0.4, -0.2) is 25.5 Å². The minimum atomic E-state index is -3.86. The Balaban J connectivity index is 2.06. The van der Waals surface area contributed by atoms with Crippen molar-refractivity contribution in [1.29, 1.82) is 0 Å². The second-order valence-corrected chi connectivity index (χ2v) is 7.22. The van der Waals surface area contributed by atoms with E-state index in [1.807, 2.05) is 6.92 Å². The van der Waals surface area contributed by atoms with Crippen molar-refractivity contribution in [3.63, 3.8) is 0 Å². The molecule has 0 fully saturated rings. The molecule has 2 aromatic rings. The fourth-order valence-electron chi connectivity index (χ4n) is 1.87. The zero-order valence-corrected chi connectivity index (χ0v) is 14.9. The molecular weight excluding hydrogens is 386 g/mol. The van der Waals surface area contributed by atoms with Gasteiger partial charge in [-0.3, -0.25) is 10.2 Å². The molecule has 124 valence electrons. The Labute approximate surface area is 142 Å². The molecule has 9 heteroatoms. The maximum Gasteiger partial charge on any atom is 0.282 e. The fraction of sp³-hybridized carbons (Fsp3) is 0.214. The molecule has 0 unspecified atom stereocenters. The lowest BCUT2D eigenvalue weighted by atomic mass is 10.3. The van der Waals surface area contributed by atoms with Crippen LogP contribution < -0.4 is 15.0 Å². The highest BCUT2D eigenvalue weighted by atomic mass is 79.9. The minimum absolute atomic E-state index is 0.0225. The quantitative estimate of drug-likeness (QED) is 0.722. The van der Waals surface area contributed by atoms with Crippen molar-refractivity contribution < 1.29 is 17.9 Å². The standard InChI is InChI=1S/C14H16BrN3O4S/c1-3-22-11-4-6-12(7-5-11)23(20,21)17-16-14(19)13-8-10(15)9-18(13)2/h4-9,17H,3H2,1-2H3,(H,16,19). The predicted octanol–water partition coefficient (Wildman–Crippen LogP) is 1.81. The van der Waals surface area contributed by atoms with E-state index >= 15 is 0 Å². The van der Waals surface area contributed by atoms with Gasteiger partial charge >= 0.3 is 0 Å². The molecule has 0 saturated carbocycles. The first-order chi connectivity index (χ1) is 10.8. The molecule has 0 bridgehead atoms. The van der Waals surface area contributed by atoms with Crippen LogP contribution in [0.5, 0.6) is 5.75 Å². The molecule has 1 aromatic heterocycles. The third-order valence-corrected chi connectivity index (χ3v) is 4.65. The number of ether oxygens (including phenoxy) is 1. The van der Waals surface area contributed by atoms with Gasteiger partial charge in [-0.1, -0.05) is 0 Å². The van der Waals surface area contributed by atoms with Crippen molar-refractivity contribution in [3.05, 3.63) is 46.7 Å². The number of hydrogen-bond donors (Lipinski definition) is 2. The molecule has 7 nitrogen and oxygen atoms in total. The molecule has 1 aromatic carbocycles. The van der Waals surface area contributed by atoms with Gasteiger partial charge in [0.2, 0.25) is 0 Å². The van der Waals surface area contributed by atoms with Crippen LogP contribution >= 0.6 is 15.9 Å². The van der Waals surface area contributed by atoms with E-state index in [4.69, 9.17) is 4.74 Å². The third-order valence-electron chi connectivity index (χ3n) is 2.95. The summed E-state index contributed by atoms with van der Waals surface area (Å²) in [6.07, 6.45) is 1.69. The van der Waals surface area contributed by atoms with E-state index in [-0.39, 0.29) is 4.90 Å². The number of rotatable bonds is 6. The highest BCUT2D eigenvalue weighted by Crippen LogP contribution is 2.16. The average molecular weight is 402 g/mol. The number of hydrazine groups is 1. The number of aryl methyl sites for hydroxylation is 1. The number of amides is 1. The molecular formula is C14H16BrN3O4S. The maximum absolute atomic E-state index is 12.1. The second-order valence-electron chi connectivity index (χ2n) is 4.62. The highest BCUT2D eigenvalue weighted by molar-refractivity contribution is 9.10. The second kappa shape index (κ2) is 7.16. The summed E-state index contributed by atoms with van der Waals surface area (Å²) in [5.41, 5.74) is 2.49. The van der Waals surface area contributed by atoms with Crippen molar-refractivity contribution in [2.45, 2.75) is 11.8 Å². The number of carbonyl (C=O) groups excluding carboxylic acids is 1. The molecule has 0 atom stereocenters. The van der Waals surface area contributed by atoms with Gasteiger partial charge in [-0.2, -0.15) is 0 Å². The van der Waals surface area contributed by atoms with Crippen molar-refractivity contribution in [2.75, 3.05) is 6.61 Å². The van der Waals surface area contributed by atoms with Gasteiger partial charge in [-0.15, -0.1) is 4.83 Å². The lowest BCUT2D eigenvalue weighted by Crippen LogP contribution is -2.42. The molecule has 2 N–H and O–H groups in total. The molecule has 0 spiro atoms. The first-order valence-electron chi connectivity index (χ1n) is 6.70. The molecule has 2 rings (SSSR count). The van der Waals surface area contributed by atoms with Crippen LogP contribution in [0.3, 0.4) is 0 Å². The van der Waals surface area contributed by atoms with Crippen LogP contribution in [0.15, 0.2) is 45.9 Å². The highest BCUT2D eigenvalue weighted by Gasteiger charge is 2.17. The smallest absolute Gasteiger partial charge is 0.282 e. The SMILES string of the molecule is CCOc1ccc(S(=O)(=O)NNC(=O)c2cc(Br)cn2C)cc1. The van der Waals surface area contributed by atoms with E-state index in [9.17, 15) is 13.2 Å². The van der Waals surface area contributed by atoms with E-state index in [2.05, 4.69) is 26.2 Å². The van der Waals surface area contributed by atoms with Gasteiger partial charge < -0.3 is 9.30 Å². The van der Waals surface area contributed by atoms with E-state index < -0.39 is 15.9 Å². The monoisotopic (exact) mass is 401 g/mol. The molecule has 0 aliphatic carbocycles. The number of halogens is 1. The summed E-state index contributed by atoms with van der Waals surface area (Å²) in [6, 6.07) is 7.49. The van der Waals surface area contributed by atoms with E-state index in [1.54, 1.807) is 36.0 Å². The largest absolute Gasteiger partial charge is 0.494 e. The van der Waals surface area contributed by atoms with E-state index in [1.165, 1.54) is 12.1 Å². The third kappa shape index (κ3) is 4.34. The summed E-state index contributed by atoms with van der Waals surface area (Å²) in [5.74, 6) is 0.0110. The van der Waals surface area contributed by atoms with E-state index in [0.717, 1.165) is 4.47 Å². The van der Waals surface area contributed by atoms with Gasteiger partial charge in [0, 0.05) is 17.7 Å². The minimum Gasteiger partial charge on any atom is -0.494 e. The van der Waals surface area contributed by atoms with Crippen LogP contribution in [0.1, 0.15) is 17.4 Å². The lowest BCUT2D eigenvalue weighted by Gasteiger charge is -2.09. The van der Waals surface area contributed by atoms with Gasteiger partial charge in [-0.25, -0.2) is 8.42 Å². The average Bonchev–Trinajstić information content (AvgIpc) is 2.84. The number of sulfonamides is 1. The van der Waals surface area contributed by atoms with Gasteiger partial charge in [0.1, 0.15) is 11.4 Å². The predicted molar refractivity (Wildman–Crippen MR) is 88.5 cm³/mol. The first-order valence-corrected chi connectivity index (χ1v) is 8.98. The zero-order valence-electron chi connectivity index (χ0n) is 12.5. The van der Waals surface area contributed by atoms with Crippen molar-refractivity contribution in [3.8, 4) is 5.75 Å². The first kappa shape index (κ1) is 17.5. The topological polar surface area (TPSA) is 89.4 Å². The van der Waals surface area contributed by atoms with Crippen LogP contribution in [0.4, 0.5) is 0 Å². The normalized spacial score (nSPS) is 11.3.